The molecule has 0 aliphatic carbocycles. The first-order valence-electron chi connectivity index (χ1n) is 11.0. The maximum absolute atomic E-state index is 15.0. The average molecular weight is 483 g/mol. The van der Waals surface area contributed by atoms with E-state index >= 15 is 0 Å². The Morgan fingerprint density at radius 1 is 1.21 bits per heavy atom. The molecule has 177 valence electrons. The van der Waals surface area contributed by atoms with Crippen LogP contribution in [0.15, 0.2) is 41.4 Å². The van der Waals surface area contributed by atoms with Gasteiger partial charge in [-0.25, -0.2) is 19.0 Å². The quantitative estimate of drug-likeness (QED) is 0.640. The Hall–Kier alpha value is -2.92. The summed E-state index contributed by atoms with van der Waals surface area (Å²) < 4.78 is 25.7. The van der Waals surface area contributed by atoms with Crippen LogP contribution in [-0.2, 0) is 14.3 Å². The van der Waals surface area contributed by atoms with Gasteiger partial charge >= 0.3 is 22.3 Å². The van der Waals surface area contributed by atoms with E-state index in [1.165, 1.54) is 12.3 Å². The Morgan fingerprint density at radius 3 is 2.59 bits per heavy atom. The summed E-state index contributed by atoms with van der Waals surface area (Å²) in [6, 6.07) is 8.69. The molecule has 0 aromatic heterocycles. The lowest BCUT2D eigenvalue weighted by atomic mass is 10.0. The van der Waals surface area contributed by atoms with Crippen LogP contribution in [0.1, 0.15) is 51.2 Å². The van der Waals surface area contributed by atoms with Crippen molar-refractivity contribution in [2.45, 2.75) is 45.6 Å². The first-order chi connectivity index (χ1) is 16.0. The van der Waals surface area contributed by atoms with E-state index in [0.717, 1.165) is 0 Å². The Labute approximate surface area is 201 Å². The van der Waals surface area contributed by atoms with Crippen molar-refractivity contribution < 1.29 is 23.5 Å². The van der Waals surface area contributed by atoms with E-state index in [1.54, 1.807) is 37.3 Å². The number of hydrogen-bond acceptors (Lipinski definition) is 5. The fourth-order valence-electron chi connectivity index (χ4n) is 4.03. The van der Waals surface area contributed by atoms with Crippen LogP contribution in [0, 0.1) is 5.82 Å². The number of urea groups is 1. The number of benzene rings is 2. The normalized spacial score (nSPS) is 21.3. The molecule has 0 spiro atoms. The number of carbonyl (C=O) groups excluding carboxylic acids is 2. The Balaban J connectivity index is 1.67. The third-order valence-electron chi connectivity index (χ3n) is 5.71. The number of rotatable bonds is 4. The van der Waals surface area contributed by atoms with Crippen LogP contribution in [0.3, 0.4) is 0 Å². The summed E-state index contributed by atoms with van der Waals surface area (Å²) in [6.45, 7) is 8.34. The fourth-order valence-corrected chi connectivity index (χ4v) is 4.41. The average Bonchev–Trinajstić information content (AvgIpc) is 3.30. The van der Waals surface area contributed by atoms with Crippen LogP contribution in [0.2, 0.25) is 0 Å². The summed E-state index contributed by atoms with van der Waals surface area (Å²) in [5, 5.41) is 5.60. The van der Waals surface area contributed by atoms with Crippen molar-refractivity contribution in [3.63, 3.8) is 0 Å². The Morgan fingerprint density at radius 2 is 1.91 bits per heavy atom. The predicted octanol–water partition coefficient (Wildman–Crippen LogP) is 4.19. The lowest BCUT2D eigenvalue weighted by molar-refractivity contribution is -0.120. The molecule has 2 aliphatic heterocycles. The predicted molar refractivity (Wildman–Crippen MR) is 129 cm³/mol. The molecule has 3 amide bonds. The Kier molecular flexibility index (Phi) is 6.43. The second kappa shape index (κ2) is 9.03. The highest BCUT2D eigenvalue weighted by Gasteiger charge is 2.45. The number of hydrogen-bond donors (Lipinski definition) is 2. The molecule has 2 aromatic carbocycles. The van der Waals surface area contributed by atoms with E-state index in [0.29, 0.717) is 41.4 Å². The van der Waals surface area contributed by atoms with Gasteiger partial charge in [0.15, 0.2) is 6.29 Å². The molecule has 8 nitrogen and oxygen atoms in total. The van der Waals surface area contributed by atoms with Crippen LogP contribution in [0.25, 0.3) is 0 Å². The minimum atomic E-state index is -0.654. The van der Waals surface area contributed by atoms with E-state index in [2.05, 4.69) is 26.0 Å². The third kappa shape index (κ3) is 4.67. The lowest BCUT2D eigenvalue weighted by Crippen LogP contribution is -2.55. The number of nitrogens with one attached hydrogen (secondary N) is 2. The van der Waals surface area contributed by atoms with Crippen LogP contribution in [0.5, 0.6) is 0 Å². The number of carbonyl (C=O) groups is 2. The SMILES string of the molecule is C[C@@H](c1cc(C2OCCO2)ccc1F)[N+]1([Si])C(=O)C=Nc2cc(NC(=O)NC(C)(C)C)ccc21. The summed E-state index contributed by atoms with van der Waals surface area (Å²) >= 11 is 0. The summed E-state index contributed by atoms with van der Waals surface area (Å²) in [5.41, 5.74) is 2.13. The van der Waals surface area contributed by atoms with Gasteiger partial charge in [0.1, 0.15) is 29.4 Å². The summed E-state index contributed by atoms with van der Waals surface area (Å²) in [5.74, 6) is -0.806. The van der Waals surface area contributed by atoms with Gasteiger partial charge in [-0.05, 0) is 52.0 Å². The fraction of sp³-hybridized carbons (Fsp3) is 0.375. The van der Waals surface area contributed by atoms with Gasteiger partial charge in [0.25, 0.3) is 0 Å². The van der Waals surface area contributed by atoms with Crippen LogP contribution < -0.4 is 14.8 Å². The molecular formula is C24H27FN4O4Si+. The first-order valence-corrected chi connectivity index (χ1v) is 11.4. The number of ether oxygens (including phenoxy) is 2. The molecule has 0 bridgehead atoms. The van der Waals surface area contributed by atoms with E-state index in [9.17, 15) is 14.0 Å². The number of amides is 3. The first kappa shape index (κ1) is 24.2. The summed E-state index contributed by atoms with van der Waals surface area (Å²) in [4.78, 5) is 29.6. The van der Waals surface area contributed by atoms with E-state index in [4.69, 9.17) is 9.47 Å². The van der Waals surface area contributed by atoms with Gasteiger partial charge in [-0.2, -0.15) is 0 Å². The summed E-state index contributed by atoms with van der Waals surface area (Å²) in [6.07, 6.45) is 0.643. The number of fused-ring (bicyclic) bond motifs is 1. The number of anilines is 1. The van der Waals surface area contributed by atoms with Gasteiger partial charge in [0, 0.05) is 28.4 Å². The van der Waals surface area contributed by atoms with Gasteiger partial charge in [-0.3, -0.25) is 4.15 Å². The lowest BCUT2D eigenvalue weighted by Gasteiger charge is -2.39. The molecule has 4 rings (SSSR count). The van der Waals surface area contributed by atoms with Gasteiger partial charge in [0.2, 0.25) is 0 Å². The van der Waals surface area contributed by atoms with Gasteiger partial charge in [-0.1, -0.05) is 6.07 Å². The molecule has 1 unspecified atom stereocenters. The van der Waals surface area contributed by atoms with Gasteiger partial charge in [-0.15, -0.1) is 0 Å². The van der Waals surface area contributed by atoms with Crippen LogP contribution >= 0.6 is 0 Å². The number of nitrogens with zero attached hydrogens (tertiary/aromatic N) is 2. The molecule has 1 saturated heterocycles. The standard InChI is InChI=1S/C24H27FN4O4Si/c1-14(17-11-15(5-7-18(17)25)22-32-9-10-33-22)29(34)20-8-6-16(12-19(20)26-13-21(29)30)27-23(31)28-24(2,3)4/h5-8,11-14,22H,9-10H2,1-4H3,(H2,27,28,31)/q+1/t14-,29?/m0/s1. The molecule has 0 saturated carbocycles. The minimum absolute atomic E-state index is 0.327. The maximum Gasteiger partial charge on any atom is 0.465 e. The van der Waals surface area contributed by atoms with Crippen molar-refractivity contribution >= 4 is 45.6 Å². The third-order valence-corrected chi connectivity index (χ3v) is 6.56. The van der Waals surface area contributed by atoms with Crippen molar-refractivity contribution in [1.82, 2.24) is 9.47 Å². The van der Waals surface area contributed by atoms with E-state index < -0.39 is 27.8 Å². The molecule has 2 N–H and O–H groups in total. The number of aliphatic imine (C=N–C) groups is 1. The molecule has 2 atom stereocenters. The highest BCUT2D eigenvalue weighted by molar-refractivity contribution is 6.43. The van der Waals surface area contributed by atoms with Crippen molar-refractivity contribution in [3.05, 3.63) is 53.3 Å². The van der Waals surface area contributed by atoms with Gasteiger partial charge < -0.3 is 20.1 Å². The number of halogens is 1. The minimum Gasteiger partial charge on any atom is -0.346 e. The van der Waals surface area contributed by atoms with Crippen LogP contribution in [0.4, 0.5) is 26.2 Å². The topological polar surface area (TPSA) is 89.0 Å². The molecule has 3 radical (unpaired) electrons. The van der Waals surface area contributed by atoms with Crippen LogP contribution in [-0.4, -0.2) is 47.3 Å². The molecule has 2 aromatic rings. The molecule has 1 fully saturated rings. The zero-order valence-electron chi connectivity index (χ0n) is 19.5. The largest absolute Gasteiger partial charge is 0.465 e. The highest BCUT2D eigenvalue weighted by Crippen LogP contribution is 2.44. The van der Waals surface area contributed by atoms with Gasteiger partial charge in [0.05, 0.1) is 13.2 Å². The van der Waals surface area contributed by atoms with Crippen molar-refractivity contribution in [2.24, 2.45) is 4.99 Å². The zero-order chi connectivity index (χ0) is 24.7. The molecular weight excluding hydrogens is 455 g/mol. The molecule has 2 aliphatic rings. The smallest absolute Gasteiger partial charge is 0.346 e. The second-order valence-corrected chi connectivity index (χ2v) is 10.1. The number of quaternary nitrogens is 1. The molecule has 10 heteroatoms. The Bertz CT molecular complexity index is 1160. The summed E-state index contributed by atoms with van der Waals surface area (Å²) in [7, 11) is 3.66. The monoisotopic (exact) mass is 482 g/mol. The van der Waals surface area contributed by atoms with Crippen molar-refractivity contribution in [3.8, 4) is 0 Å². The van der Waals surface area contributed by atoms with Crippen molar-refractivity contribution in [1.29, 1.82) is 0 Å². The zero-order valence-corrected chi connectivity index (χ0v) is 20.5. The van der Waals surface area contributed by atoms with E-state index in [1.807, 2.05) is 20.8 Å². The van der Waals surface area contributed by atoms with E-state index in [-0.39, 0.29) is 11.9 Å². The maximum atomic E-state index is 15.0. The highest BCUT2D eigenvalue weighted by atomic mass is 28.2. The van der Waals surface area contributed by atoms with Crippen molar-refractivity contribution in [2.75, 3.05) is 18.5 Å². The molecule has 2 heterocycles. The molecule has 34 heavy (non-hydrogen) atoms. The second-order valence-electron chi connectivity index (χ2n) is 9.38.